The Morgan fingerprint density at radius 3 is 2.77 bits per heavy atom. The van der Waals surface area contributed by atoms with Crippen LogP contribution in [0, 0.1) is 5.82 Å². The number of carbonyl (C=O) groups is 1. The Balaban J connectivity index is 1.47. The number of hydrogen-bond acceptors (Lipinski definition) is 5. The minimum absolute atomic E-state index is 0.146. The molecule has 3 heterocycles. The molecule has 1 aliphatic rings. The number of amides is 1. The van der Waals surface area contributed by atoms with E-state index in [9.17, 15) is 9.18 Å². The molecule has 0 fully saturated rings. The van der Waals surface area contributed by atoms with Crippen LogP contribution in [0.25, 0.3) is 21.0 Å². The third-order valence-corrected chi connectivity index (χ3v) is 6.92. The first-order valence-corrected chi connectivity index (χ1v) is 10.7. The predicted molar refractivity (Wildman–Crippen MR) is 115 cm³/mol. The fourth-order valence-corrected chi connectivity index (χ4v) is 4.85. The summed E-state index contributed by atoms with van der Waals surface area (Å²) in [7, 11) is 0. The van der Waals surface area contributed by atoms with Gasteiger partial charge < -0.3 is 9.47 Å². The number of halogens is 3. The standard InChI is InChI=1S/C20H14Cl2FN5OS/c1-10-17-25-26-18(19-24-15-9-12(23)3-5-16(15)30-19)28(17)7-6-27(10)20(29)11-2-4-13(21)14(22)8-11/h2-5,8-10H,6-7H2,1H3. The van der Waals surface area contributed by atoms with Gasteiger partial charge >= 0.3 is 0 Å². The molecule has 152 valence electrons. The van der Waals surface area contributed by atoms with E-state index in [0.29, 0.717) is 50.9 Å². The minimum atomic E-state index is -0.326. The van der Waals surface area contributed by atoms with Crippen molar-refractivity contribution in [2.45, 2.75) is 19.5 Å². The molecule has 6 nitrogen and oxygen atoms in total. The molecule has 10 heteroatoms. The summed E-state index contributed by atoms with van der Waals surface area (Å²) < 4.78 is 16.3. The Labute approximate surface area is 184 Å². The number of hydrogen-bond donors (Lipinski definition) is 0. The van der Waals surface area contributed by atoms with Crippen LogP contribution in [0.1, 0.15) is 29.1 Å². The summed E-state index contributed by atoms with van der Waals surface area (Å²) in [6, 6.07) is 9.09. The monoisotopic (exact) mass is 461 g/mol. The fourth-order valence-electron chi connectivity index (χ4n) is 3.61. The van der Waals surface area contributed by atoms with Gasteiger partial charge in [-0.1, -0.05) is 23.2 Å². The van der Waals surface area contributed by atoms with Gasteiger partial charge in [0.2, 0.25) is 0 Å². The second kappa shape index (κ2) is 7.30. The zero-order valence-electron chi connectivity index (χ0n) is 15.6. The van der Waals surface area contributed by atoms with E-state index < -0.39 is 0 Å². The second-order valence-electron chi connectivity index (χ2n) is 6.97. The summed E-state index contributed by atoms with van der Waals surface area (Å²) in [5.41, 5.74) is 1.06. The van der Waals surface area contributed by atoms with Crippen LogP contribution in [0.2, 0.25) is 10.0 Å². The topological polar surface area (TPSA) is 63.9 Å². The highest BCUT2D eigenvalue weighted by atomic mass is 35.5. The van der Waals surface area contributed by atoms with Crippen LogP contribution < -0.4 is 0 Å². The Morgan fingerprint density at radius 2 is 1.97 bits per heavy atom. The molecule has 0 spiro atoms. The zero-order chi connectivity index (χ0) is 21.0. The van der Waals surface area contributed by atoms with Crippen LogP contribution in [-0.2, 0) is 6.54 Å². The molecule has 1 aliphatic heterocycles. The van der Waals surface area contributed by atoms with E-state index in [1.807, 2.05) is 11.5 Å². The SMILES string of the molecule is CC1c2nnc(-c3nc4cc(F)ccc4s3)n2CCN1C(=O)c1ccc(Cl)c(Cl)c1. The van der Waals surface area contributed by atoms with Gasteiger partial charge in [0, 0.05) is 24.7 Å². The molecule has 0 saturated carbocycles. The number of thiazole rings is 1. The van der Waals surface area contributed by atoms with Crippen LogP contribution in [0.4, 0.5) is 4.39 Å². The molecule has 2 aromatic heterocycles. The average Bonchev–Trinajstić information content (AvgIpc) is 3.33. The molecule has 0 aliphatic carbocycles. The highest BCUT2D eigenvalue weighted by Crippen LogP contribution is 2.34. The van der Waals surface area contributed by atoms with Gasteiger partial charge in [0.25, 0.3) is 5.91 Å². The third kappa shape index (κ3) is 3.15. The van der Waals surface area contributed by atoms with Crippen molar-refractivity contribution in [1.82, 2.24) is 24.6 Å². The maximum Gasteiger partial charge on any atom is 0.254 e. The van der Waals surface area contributed by atoms with Gasteiger partial charge in [0.1, 0.15) is 5.82 Å². The Bertz CT molecular complexity index is 1300. The van der Waals surface area contributed by atoms with Crippen LogP contribution in [0.15, 0.2) is 36.4 Å². The fraction of sp³-hybridized carbons (Fsp3) is 0.200. The Kier molecular flexibility index (Phi) is 4.72. The molecule has 4 aromatic rings. The largest absolute Gasteiger partial charge is 0.327 e. The van der Waals surface area contributed by atoms with E-state index in [1.54, 1.807) is 29.2 Å². The summed E-state index contributed by atoms with van der Waals surface area (Å²) in [4.78, 5) is 19.3. The molecule has 1 amide bonds. The second-order valence-corrected chi connectivity index (χ2v) is 8.81. The molecular weight excluding hydrogens is 448 g/mol. The number of benzene rings is 2. The van der Waals surface area contributed by atoms with Crippen molar-refractivity contribution in [3.63, 3.8) is 0 Å². The molecular formula is C20H14Cl2FN5OS. The van der Waals surface area contributed by atoms with Crippen LogP contribution >= 0.6 is 34.5 Å². The first-order valence-electron chi connectivity index (χ1n) is 9.18. The molecule has 5 rings (SSSR count). The smallest absolute Gasteiger partial charge is 0.254 e. The van der Waals surface area contributed by atoms with E-state index >= 15 is 0 Å². The van der Waals surface area contributed by atoms with Crippen molar-refractivity contribution < 1.29 is 9.18 Å². The van der Waals surface area contributed by atoms with E-state index in [4.69, 9.17) is 23.2 Å². The molecule has 0 N–H and O–H groups in total. The highest BCUT2D eigenvalue weighted by molar-refractivity contribution is 7.21. The van der Waals surface area contributed by atoms with Gasteiger partial charge in [0.15, 0.2) is 16.7 Å². The van der Waals surface area contributed by atoms with Crippen molar-refractivity contribution >= 4 is 50.7 Å². The molecule has 1 atom stereocenters. The van der Waals surface area contributed by atoms with Gasteiger partial charge in [0.05, 0.1) is 26.3 Å². The van der Waals surface area contributed by atoms with Crippen molar-refractivity contribution in [3.05, 3.63) is 63.6 Å². The molecule has 0 bridgehead atoms. The lowest BCUT2D eigenvalue weighted by molar-refractivity contribution is 0.0638. The van der Waals surface area contributed by atoms with Gasteiger partial charge in [-0.05, 0) is 37.3 Å². The van der Waals surface area contributed by atoms with Crippen molar-refractivity contribution in [1.29, 1.82) is 0 Å². The normalized spacial score (nSPS) is 16.1. The van der Waals surface area contributed by atoms with Gasteiger partial charge in [-0.25, -0.2) is 9.37 Å². The lowest BCUT2D eigenvalue weighted by Crippen LogP contribution is -2.41. The molecule has 1 unspecified atom stereocenters. The van der Waals surface area contributed by atoms with E-state index in [0.717, 1.165) is 4.70 Å². The molecule has 0 saturated heterocycles. The van der Waals surface area contributed by atoms with Gasteiger partial charge in [-0.2, -0.15) is 0 Å². The van der Waals surface area contributed by atoms with E-state index in [-0.39, 0.29) is 17.8 Å². The number of fused-ring (bicyclic) bond motifs is 2. The minimum Gasteiger partial charge on any atom is -0.327 e. The number of nitrogens with zero attached hydrogens (tertiary/aromatic N) is 5. The maximum atomic E-state index is 13.5. The van der Waals surface area contributed by atoms with Crippen LogP contribution in [0.5, 0.6) is 0 Å². The Hall–Kier alpha value is -2.55. The van der Waals surface area contributed by atoms with Gasteiger partial charge in [-0.3, -0.25) is 4.79 Å². The van der Waals surface area contributed by atoms with Crippen molar-refractivity contribution in [2.24, 2.45) is 0 Å². The van der Waals surface area contributed by atoms with Crippen molar-refractivity contribution in [3.8, 4) is 10.8 Å². The highest BCUT2D eigenvalue weighted by Gasteiger charge is 2.32. The van der Waals surface area contributed by atoms with Crippen LogP contribution in [0.3, 0.4) is 0 Å². The predicted octanol–water partition coefficient (Wildman–Crippen LogP) is 5.22. The van der Waals surface area contributed by atoms with Gasteiger partial charge in [-0.15, -0.1) is 21.5 Å². The zero-order valence-corrected chi connectivity index (χ0v) is 18.0. The Morgan fingerprint density at radius 1 is 1.13 bits per heavy atom. The van der Waals surface area contributed by atoms with Crippen molar-refractivity contribution in [2.75, 3.05) is 6.54 Å². The summed E-state index contributed by atoms with van der Waals surface area (Å²) in [6.45, 7) is 2.92. The number of aromatic nitrogens is 4. The average molecular weight is 462 g/mol. The summed E-state index contributed by atoms with van der Waals surface area (Å²) >= 11 is 13.5. The quantitative estimate of drug-likeness (QED) is 0.410. The number of carbonyl (C=O) groups excluding carboxylic acids is 1. The first-order chi connectivity index (χ1) is 14.4. The van der Waals surface area contributed by atoms with E-state index in [2.05, 4.69) is 15.2 Å². The lowest BCUT2D eigenvalue weighted by atomic mass is 10.1. The summed E-state index contributed by atoms with van der Waals surface area (Å²) in [5, 5.41) is 10.1. The lowest BCUT2D eigenvalue weighted by Gasteiger charge is -2.33. The molecule has 0 radical (unpaired) electrons. The third-order valence-electron chi connectivity index (χ3n) is 5.15. The first kappa shape index (κ1) is 19.4. The maximum absolute atomic E-state index is 13.5. The van der Waals surface area contributed by atoms with Crippen LogP contribution in [-0.4, -0.2) is 37.1 Å². The molecule has 30 heavy (non-hydrogen) atoms. The summed E-state index contributed by atoms with van der Waals surface area (Å²) in [6.07, 6.45) is 0. The van der Waals surface area contributed by atoms with E-state index in [1.165, 1.54) is 23.5 Å². The summed E-state index contributed by atoms with van der Waals surface area (Å²) in [5.74, 6) is 0.829. The number of rotatable bonds is 2. The molecule has 2 aromatic carbocycles.